The Kier molecular flexibility index (Phi) is 4.72. The molecular formula is C15H12Br2O. The first-order valence-electron chi connectivity index (χ1n) is 5.62. The second-order valence-corrected chi connectivity index (χ2v) is 5.93. The number of aldehydes is 1. The fourth-order valence-electron chi connectivity index (χ4n) is 1.85. The predicted octanol–water partition coefficient (Wildman–Crippen LogP) is 4.87. The van der Waals surface area contributed by atoms with Gasteiger partial charge in [-0.05, 0) is 23.3 Å². The van der Waals surface area contributed by atoms with Crippen molar-refractivity contribution in [3.8, 4) is 0 Å². The average molecular weight is 368 g/mol. The van der Waals surface area contributed by atoms with E-state index in [4.69, 9.17) is 0 Å². The van der Waals surface area contributed by atoms with Crippen LogP contribution in [0.25, 0.3) is 0 Å². The fourth-order valence-corrected chi connectivity index (χ4v) is 2.85. The SMILES string of the molecule is O=CC(c1ccc(Br)cc1)C(Br)c1ccccc1. The van der Waals surface area contributed by atoms with Gasteiger partial charge in [0, 0.05) is 4.47 Å². The van der Waals surface area contributed by atoms with E-state index in [9.17, 15) is 4.79 Å². The molecule has 0 aliphatic heterocycles. The molecule has 0 saturated heterocycles. The predicted molar refractivity (Wildman–Crippen MR) is 81.1 cm³/mol. The van der Waals surface area contributed by atoms with Gasteiger partial charge in [0.2, 0.25) is 0 Å². The zero-order chi connectivity index (χ0) is 13.0. The van der Waals surface area contributed by atoms with Gasteiger partial charge in [0.1, 0.15) is 6.29 Å². The number of benzene rings is 2. The molecule has 0 amide bonds. The Bertz CT molecular complexity index is 508. The molecule has 3 heteroatoms. The molecule has 2 aromatic carbocycles. The van der Waals surface area contributed by atoms with Gasteiger partial charge in [0.05, 0.1) is 10.7 Å². The molecule has 0 bridgehead atoms. The Morgan fingerprint density at radius 1 is 0.889 bits per heavy atom. The molecular weight excluding hydrogens is 356 g/mol. The maximum atomic E-state index is 11.4. The lowest BCUT2D eigenvalue weighted by Gasteiger charge is -2.18. The molecule has 0 heterocycles. The molecule has 2 rings (SSSR count). The summed E-state index contributed by atoms with van der Waals surface area (Å²) >= 11 is 7.02. The Balaban J connectivity index is 2.29. The third-order valence-corrected chi connectivity index (χ3v) is 4.46. The lowest BCUT2D eigenvalue weighted by molar-refractivity contribution is -0.109. The Morgan fingerprint density at radius 3 is 2.06 bits per heavy atom. The van der Waals surface area contributed by atoms with Crippen molar-refractivity contribution in [2.24, 2.45) is 0 Å². The Morgan fingerprint density at radius 2 is 1.50 bits per heavy atom. The first kappa shape index (κ1) is 13.5. The number of alkyl halides is 1. The van der Waals surface area contributed by atoms with Gasteiger partial charge < -0.3 is 4.79 Å². The van der Waals surface area contributed by atoms with Crippen molar-refractivity contribution in [3.05, 3.63) is 70.2 Å². The van der Waals surface area contributed by atoms with Gasteiger partial charge in [-0.15, -0.1) is 0 Å². The minimum Gasteiger partial charge on any atom is -0.303 e. The van der Waals surface area contributed by atoms with Gasteiger partial charge in [-0.2, -0.15) is 0 Å². The molecule has 1 nitrogen and oxygen atoms in total. The van der Waals surface area contributed by atoms with Crippen molar-refractivity contribution >= 4 is 38.1 Å². The molecule has 0 aromatic heterocycles. The van der Waals surface area contributed by atoms with Crippen LogP contribution in [0.5, 0.6) is 0 Å². The van der Waals surface area contributed by atoms with Gasteiger partial charge in [0.25, 0.3) is 0 Å². The van der Waals surface area contributed by atoms with Crippen molar-refractivity contribution in [3.63, 3.8) is 0 Å². The largest absolute Gasteiger partial charge is 0.303 e. The summed E-state index contributed by atoms with van der Waals surface area (Å²) in [5.41, 5.74) is 2.12. The summed E-state index contributed by atoms with van der Waals surface area (Å²) in [6, 6.07) is 17.8. The van der Waals surface area contributed by atoms with Crippen molar-refractivity contribution < 1.29 is 4.79 Å². The molecule has 2 atom stereocenters. The standard InChI is InChI=1S/C15H12Br2O/c16-13-8-6-11(7-9-13)14(10-18)15(17)12-4-2-1-3-5-12/h1-10,14-15H. The molecule has 0 radical (unpaired) electrons. The molecule has 0 aliphatic carbocycles. The lowest BCUT2D eigenvalue weighted by Crippen LogP contribution is -2.07. The molecule has 92 valence electrons. The number of halogens is 2. The zero-order valence-corrected chi connectivity index (χ0v) is 12.8. The van der Waals surface area contributed by atoms with E-state index in [-0.39, 0.29) is 10.7 Å². The molecule has 0 saturated carbocycles. The second-order valence-electron chi connectivity index (χ2n) is 4.03. The second kappa shape index (κ2) is 6.30. The molecule has 0 spiro atoms. The van der Waals surface area contributed by atoms with Crippen LogP contribution < -0.4 is 0 Å². The van der Waals surface area contributed by atoms with Crippen LogP contribution in [-0.4, -0.2) is 6.29 Å². The van der Waals surface area contributed by atoms with E-state index >= 15 is 0 Å². The molecule has 0 aliphatic rings. The van der Waals surface area contributed by atoms with Gasteiger partial charge in [-0.25, -0.2) is 0 Å². The highest BCUT2D eigenvalue weighted by atomic mass is 79.9. The van der Waals surface area contributed by atoms with E-state index in [0.29, 0.717) is 0 Å². The molecule has 0 N–H and O–H groups in total. The van der Waals surface area contributed by atoms with Gasteiger partial charge in [-0.3, -0.25) is 0 Å². The number of carbonyl (C=O) groups is 1. The van der Waals surface area contributed by atoms with Gasteiger partial charge >= 0.3 is 0 Å². The summed E-state index contributed by atoms with van der Waals surface area (Å²) in [5, 5.41) is 0. The van der Waals surface area contributed by atoms with Gasteiger partial charge in [0.15, 0.2) is 0 Å². The molecule has 2 aromatic rings. The number of hydrogen-bond acceptors (Lipinski definition) is 1. The molecule has 2 unspecified atom stereocenters. The highest BCUT2D eigenvalue weighted by Crippen LogP contribution is 2.36. The summed E-state index contributed by atoms with van der Waals surface area (Å²) in [6.07, 6.45) is 0.996. The van der Waals surface area contributed by atoms with Crippen molar-refractivity contribution in [1.82, 2.24) is 0 Å². The van der Waals surface area contributed by atoms with Crippen LogP contribution in [0.2, 0.25) is 0 Å². The third-order valence-electron chi connectivity index (χ3n) is 2.83. The highest BCUT2D eigenvalue weighted by Gasteiger charge is 2.21. The zero-order valence-electron chi connectivity index (χ0n) is 9.59. The van der Waals surface area contributed by atoms with Crippen LogP contribution in [-0.2, 0) is 4.79 Å². The maximum absolute atomic E-state index is 11.4. The topological polar surface area (TPSA) is 17.1 Å². The Labute approximate surface area is 123 Å². The maximum Gasteiger partial charge on any atom is 0.128 e. The normalized spacial score (nSPS) is 13.9. The molecule has 0 fully saturated rings. The summed E-state index contributed by atoms with van der Waals surface area (Å²) in [6.45, 7) is 0. The highest BCUT2D eigenvalue weighted by molar-refractivity contribution is 9.10. The van der Waals surface area contributed by atoms with Crippen molar-refractivity contribution in [2.45, 2.75) is 10.7 Å². The fraction of sp³-hybridized carbons (Fsp3) is 0.133. The average Bonchev–Trinajstić information content (AvgIpc) is 2.42. The van der Waals surface area contributed by atoms with Crippen LogP contribution in [0.3, 0.4) is 0 Å². The van der Waals surface area contributed by atoms with Crippen molar-refractivity contribution in [2.75, 3.05) is 0 Å². The van der Waals surface area contributed by atoms with E-state index in [0.717, 1.165) is 21.9 Å². The number of hydrogen-bond donors (Lipinski definition) is 0. The van der Waals surface area contributed by atoms with E-state index in [1.54, 1.807) is 0 Å². The van der Waals surface area contributed by atoms with Crippen molar-refractivity contribution in [1.29, 1.82) is 0 Å². The van der Waals surface area contributed by atoms with Crippen LogP contribution in [0.4, 0.5) is 0 Å². The lowest BCUT2D eigenvalue weighted by atomic mass is 9.93. The molecule has 18 heavy (non-hydrogen) atoms. The summed E-state index contributed by atoms with van der Waals surface area (Å²) < 4.78 is 1.02. The van der Waals surface area contributed by atoms with Crippen LogP contribution >= 0.6 is 31.9 Å². The number of carbonyl (C=O) groups excluding carboxylic acids is 1. The van der Waals surface area contributed by atoms with E-state index < -0.39 is 0 Å². The van der Waals surface area contributed by atoms with E-state index in [1.165, 1.54) is 0 Å². The Hall–Kier alpha value is -0.930. The quantitative estimate of drug-likeness (QED) is 0.556. The number of rotatable bonds is 4. The third kappa shape index (κ3) is 3.09. The van der Waals surface area contributed by atoms with Crippen LogP contribution in [0.1, 0.15) is 21.9 Å². The minimum absolute atomic E-state index is 0.00243. The van der Waals surface area contributed by atoms with Gasteiger partial charge in [-0.1, -0.05) is 74.3 Å². The van der Waals surface area contributed by atoms with Crippen LogP contribution in [0, 0.1) is 0 Å². The van der Waals surface area contributed by atoms with Crippen LogP contribution in [0.15, 0.2) is 59.1 Å². The van der Waals surface area contributed by atoms with E-state index in [2.05, 4.69) is 31.9 Å². The van der Waals surface area contributed by atoms with E-state index in [1.807, 2.05) is 54.6 Å². The first-order valence-corrected chi connectivity index (χ1v) is 7.33. The smallest absolute Gasteiger partial charge is 0.128 e. The summed E-state index contributed by atoms with van der Waals surface area (Å²) in [7, 11) is 0. The summed E-state index contributed by atoms with van der Waals surface area (Å²) in [5.74, 6) is -0.180. The minimum atomic E-state index is -0.180. The summed E-state index contributed by atoms with van der Waals surface area (Å²) in [4.78, 5) is 11.4. The monoisotopic (exact) mass is 366 g/mol. The first-order chi connectivity index (χ1) is 8.72.